The molecule has 1 aliphatic carbocycles. The molecule has 1 saturated carbocycles. The van der Waals surface area contributed by atoms with Gasteiger partial charge >= 0.3 is 0 Å². The summed E-state index contributed by atoms with van der Waals surface area (Å²) < 4.78 is 0. The van der Waals surface area contributed by atoms with E-state index >= 15 is 0 Å². The molecule has 5 nitrogen and oxygen atoms in total. The molecule has 2 rings (SSSR count). The zero-order chi connectivity index (χ0) is 14.8. The summed E-state index contributed by atoms with van der Waals surface area (Å²) in [7, 11) is 1.86. The number of aliphatic hydroxyl groups is 1. The number of hydrogen-bond acceptors (Lipinski definition) is 5. The zero-order valence-electron chi connectivity index (χ0n) is 12.9. The predicted octanol–water partition coefficient (Wildman–Crippen LogP) is 2.53. The minimum Gasteiger partial charge on any atom is -0.391 e. The van der Waals surface area contributed by atoms with Crippen molar-refractivity contribution >= 4 is 11.6 Å². The Kier molecular flexibility index (Phi) is 4.48. The van der Waals surface area contributed by atoms with E-state index in [2.05, 4.69) is 41.4 Å². The molecule has 0 aromatic carbocycles. The third-order valence-electron chi connectivity index (χ3n) is 3.72. The summed E-state index contributed by atoms with van der Waals surface area (Å²) in [5, 5.41) is 16.5. The molecular formula is C15H26N4O. The fourth-order valence-corrected chi connectivity index (χ4v) is 2.45. The largest absolute Gasteiger partial charge is 0.391 e. The van der Waals surface area contributed by atoms with Crippen molar-refractivity contribution in [1.29, 1.82) is 0 Å². The Hall–Kier alpha value is -1.36. The molecule has 0 radical (unpaired) electrons. The maximum Gasteiger partial charge on any atom is 0.138 e. The van der Waals surface area contributed by atoms with Crippen LogP contribution in [0.2, 0.25) is 0 Å². The smallest absolute Gasteiger partial charge is 0.138 e. The molecule has 1 heterocycles. The molecule has 2 atom stereocenters. The summed E-state index contributed by atoms with van der Waals surface area (Å²) in [6, 6.07) is 1.99. The van der Waals surface area contributed by atoms with Gasteiger partial charge in [-0.15, -0.1) is 0 Å². The fraction of sp³-hybridized carbons (Fsp3) is 0.733. The highest BCUT2D eigenvalue weighted by atomic mass is 16.3. The first-order valence-corrected chi connectivity index (χ1v) is 7.42. The number of aromatic nitrogens is 2. The van der Waals surface area contributed by atoms with E-state index in [4.69, 9.17) is 0 Å². The van der Waals surface area contributed by atoms with Crippen molar-refractivity contribution in [2.24, 2.45) is 0 Å². The lowest BCUT2D eigenvalue weighted by Gasteiger charge is -2.29. The molecule has 0 aliphatic heterocycles. The Morgan fingerprint density at radius 1 is 1.15 bits per heavy atom. The third kappa shape index (κ3) is 3.60. The van der Waals surface area contributed by atoms with Crippen LogP contribution in [0.5, 0.6) is 0 Å². The van der Waals surface area contributed by atoms with Gasteiger partial charge in [0.15, 0.2) is 0 Å². The van der Waals surface area contributed by atoms with E-state index in [-0.39, 0.29) is 17.6 Å². The Morgan fingerprint density at radius 2 is 1.80 bits per heavy atom. The molecule has 1 fully saturated rings. The van der Waals surface area contributed by atoms with Gasteiger partial charge in [0.2, 0.25) is 0 Å². The second-order valence-corrected chi connectivity index (χ2v) is 6.56. The summed E-state index contributed by atoms with van der Waals surface area (Å²) in [4.78, 5) is 9.12. The van der Waals surface area contributed by atoms with Crippen molar-refractivity contribution in [2.75, 3.05) is 17.7 Å². The molecule has 0 amide bonds. The molecule has 0 spiro atoms. The molecule has 5 heteroatoms. The van der Waals surface area contributed by atoms with E-state index in [1.54, 1.807) is 0 Å². The van der Waals surface area contributed by atoms with E-state index < -0.39 is 0 Å². The van der Waals surface area contributed by atoms with Gasteiger partial charge in [0.05, 0.1) is 12.1 Å². The van der Waals surface area contributed by atoms with Crippen LogP contribution < -0.4 is 10.6 Å². The van der Waals surface area contributed by atoms with Crippen LogP contribution in [0.15, 0.2) is 6.07 Å². The van der Waals surface area contributed by atoms with Gasteiger partial charge in [-0.25, -0.2) is 9.97 Å². The third-order valence-corrected chi connectivity index (χ3v) is 3.72. The van der Waals surface area contributed by atoms with Gasteiger partial charge < -0.3 is 15.7 Å². The molecule has 0 saturated heterocycles. The lowest BCUT2D eigenvalue weighted by Crippen LogP contribution is -2.36. The minimum atomic E-state index is -0.283. The molecular weight excluding hydrogens is 252 g/mol. The lowest BCUT2D eigenvalue weighted by atomic mass is 9.92. The highest BCUT2D eigenvalue weighted by molar-refractivity contribution is 5.48. The van der Waals surface area contributed by atoms with Gasteiger partial charge in [-0.1, -0.05) is 33.6 Å². The summed E-state index contributed by atoms with van der Waals surface area (Å²) in [6.07, 6.45) is 3.84. The van der Waals surface area contributed by atoms with Crippen molar-refractivity contribution in [2.45, 2.75) is 64.0 Å². The summed E-state index contributed by atoms with van der Waals surface area (Å²) in [6.45, 7) is 6.29. The fourth-order valence-electron chi connectivity index (χ4n) is 2.45. The van der Waals surface area contributed by atoms with E-state index in [0.29, 0.717) is 0 Å². The molecule has 1 aliphatic rings. The molecule has 3 N–H and O–H groups in total. The standard InChI is InChI=1S/C15H26N4O/c1-15(2,3)14-18-12(16-4)9-13(19-14)17-10-7-5-6-8-11(10)20/h9-11,20H,5-8H2,1-4H3,(H2,16,17,18,19). The molecule has 112 valence electrons. The number of nitrogens with one attached hydrogen (secondary N) is 2. The molecule has 2 unspecified atom stereocenters. The van der Waals surface area contributed by atoms with Crippen molar-refractivity contribution in [3.8, 4) is 0 Å². The average molecular weight is 278 g/mol. The Labute approximate surface area is 121 Å². The predicted molar refractivity (Wildman–Crippen MR) is 82.2 cm³/mol. The van der Waals surface area contributed by atoms with Crippen LogP contribution in [0.1, 0.15) is 52.3 Å². The van der Waals surface area contributed by atoms with Crippen molar-refractivity contribution in [1.82, 2.24) is 9.97 Å². The normalized spacial score (nSPS) is 23.4. The quantitative estimate of drug-likeness (QED) is 0.792. The lowest BCUT2D eigenvalue weighted by molar-refractivity contribution is 0.116. The van der Waals surface area contributed by atoms with Crippen LogP contribution in [0.4, 0.5) is 11.6 Å². The van der Waals surface area contributed by atoms with Crippen molar-refractivity contribution < 1.29 is 5.11 Å². The summed E-state index contributed by atoms with van der Waals surface area (Å²) in [5.41, 5.74) is -0.103. The number of nitrogens with zero attached hydrogens (tertiary/aromatic N) is 2. The molecule has 0 bridgehead atoms. The van der Waals surface area contributed by atoms with Gasteiger partial charge in [-0.05, 0) is 12.8 Å². The highest BCUT2D eigenvalue weighted by Gasteiger charge is 2.24. The first-order chi connectivity index (χ1) is 9.40. The number of rotatable bonds is 3. The molecule has 1 aromatic rings. The van der Waals surface area contributed by atoms with Crippen LogP contribution in [-0.4, -0.2) is 34.3 Å². The van der Waals surface area contributed by atoms with E-state index in [0.717, 1.165) is 43.1 Å². The first-order valence-electron chi connectivity index (χ1n) is 7.42. The number of aliphatic hydroxyl groups excluding tert-OH is 1. The topological polar surface area (TPSA) is 70.1 Å². The second kappa shape index (κ2) is 5.95. The Morgan fingerprint density at radius 3 is 2.40 bits per heavy atom. The molecule has 20 heavy (non-hydrogen) atoms. The SMILES string of the molecule is CNc1cc(NC2CCCCC2O)nc(C(C)(C)C)n1. The van der Waals surface area contributed by atoms with Gasteiger partial charge in [-0.3, -0.25) is 0 Å². The van der Waals surface area contributed by atoms with Gasteiger partial charge in [0.1, 0.15) is 17.5 Å². The zero-order valence-corrected chi connectivity index (χ0v) is 12.9. The second-order valence-electron chi connectivity index (χ2n) is 6.56. The average Bonchev–Trinajstić information content (AvgIpc) is 2.40. The van der Waals surface area contributed by atoms with Gasteiger partial charge in [0, 0.05) is 18.5 Å². The highest BCUT2D eigenvalue weighted by Crippen LogP contribution is 2.25. The van der Waals surface area contributed by atoms with Crippen LogP contribution in [0.3, 0.4) is 0 Å². The van der Waals surface area contributed by atoms with E-state index in [9.17, 15) is 5.11 Å². The Balaban J connectivity index is 2.22. The monoisotopic (exact) mass is 278 g/mol. The maximum atomic E-state index is 10.1. The van der Waals surface area contributed by atoms with E-state index in [1.165, 1.54) is 0 Å². The van der Waals surface area contributed by atoms with E-state index in [1.807, 2.05) is 13.1 Å². The van der Waals surface area contributed by atoms with Crippen molar-refractivity contribution in [3.05, 3.63) is 11.9 Å². The van der Waals surface area contributed by atoms with Crippen LogP contribution in [0.25, 0.3) is 0 Å². The van der Waals surface area contributed by atoms with Gasteiger partial charge in [-0.2, -0.15) is 0 Å². The first kappa shape index (κ1) is 15.0. The number of anilines is 2. The molecule has 1 aromatic heterocycles. The summed E-state index contributed by atoms with van der Waals surface area (Å²) >= 11 is 0. The van der Waals surface area contributed by atoms with Gasteiger partial charge in [0.25, 0.3) is 0 Å². The van der Waals surface area contributed by atoms with Crippen LogP contribution in [-0.2, 0) is 5.41 Å². The number of hydrogen-bond donors (Lipinski definition) is 3. The summed E-state index contributed by atoms with van der Waals surface area (Å²) in [5.74, 6) is 2.40. The van der Waals surface area contributed by atoms with Crippen LogP contribution >= 0.6 is 0 Å². The minimum absolute atomic E-state index is 0.0937. The maximum absolute atomic E-state index is 10.1. The van der Waals surface area contributed by atoms with Crippen molar-refractivity contribution in [3.63, 3.8) is 0 Å². The van der Waals surface area contributed by atoms with Crippen LogP contribution in [0, 0.1) is 0 Å². The Bertz CT molecular complexity index is 456.